The van der Waals surface area contributed by atoms with Crippen molar-refractivity contribution in [3.8, 4) is 0 Å². The molecule has 1 aromatic heterocycles. The number of amides is 3. The molecule has 8 nitrogen and oxygen atoms in total. The summed E-state index contributed by atoms with van der Waals surface area (Å²) in [6.07, 6.45) is 3.27. The van der Waals surface area contributed by atoms with Crippen molar-refractivity contribution in [3.05, 3.63) is 53.2 Å². The lowest BCUT2D eigenvalue weighted by Gasteiger charge is -2.44. The van der Waals surface area contributed by atoms with Gasteiger partial charge in [0.1, 0.15) is 24.0 Å². The fraction of sp³-hybridized carbons (Fsp3) is 0.538. The number of hydrogen-bond acceptors (Lipinski definition) is 5. The van der Waals surface area contributed by atoms with Crippen molar-refractivity contribution in [1.29, 1.82) is 0 Å². The van der Waals surface area contributed by atoms with Crippen molar-refractivity contribution in [2.75, 3.05) is 0 Å². The van der Waals surface area contributed by atoms with Crippen molar-refractivity contribution in [2.45, 2.75) is 78.0 Å². The maximum Gasteiger partial charge on any atom is 0.249 e. The van der Waals surface area contributed by atoms with Gasteiger partial charge in [0.25, 0.3) is 0 Å². The van der Waals surface area contributed by atoms with Crippen molar-refractivity contribution in [1.82, 2.24) is 20.5 Å². The molecule has 4 rings (SSSR count). The number of fused-ring (bicyclic) bond motifs is 1. The average Bonchev–Trinajstić information content (AvgIpc) is 3.38. The Balaban J connectivity index is 1.73. The summed E-state index contributed by atoms with van der Waals surface area (Å²) in [6.45, 7) is 9.41. The second-order valence-electron chi connectivity index (χ2n) is 10.2. The summed E-state index contributed by atoms with van der Waals surface area (Å²) in [6, 6.07) is 5.47. The molecule has 182 valence electrons. The van der Waals surface area contributed by atoms with Crippen LogP contribution in [-0.2, 0) is 27.2 Å². The number of nitrogens with one attached hydrogen (secondary N) is 2. The molecule has 0 unspecified atom stereocenters. The second kappa shape index (κ2) is 9.60. The highest BCUT2D eigenvalue weighted by Gasteiger charge is 2.50. The first-order valence-corrected chi connectivity index (χ1v) is 12.1. The molecule has 3 amide bonds. The normalized spacial score (nSPS) is 21.7. The van der Waals surface area contributed by atoms with E-state index in [2.05, 4.69) is 27.8 Å². The Bertz CT molecular complexity index is 1050. The molecule has 2 N–H and O–H groups in total. The molecule has 1 saturated heterocycles. The van der Waals surface area contributed by atoms with E-state index < -0.39 is 18.1 Å². The number of piperazine rings is 1. The van der Waals surface area contributed by atoms with Gasteiger partial charge in [-0.1, -0.05) is 38.1 Å². The standard InChI is InChI=1S/C26H34N4O4/c1-14(2)10-21-24(31)29-22(19-11-17-8-6-7-9-18(17)12-19)26(33)30(21)23(25(32)27-15(3)4)20-13-34-16(5)28-20/h6-9,13-15,19,21-23H,10-12H2,1-5H3,(H,27,32)(H,29,31)/t21-,22-,23-/m1/s1. The van der Waals surface area contributed by atoms with E-state index in [0.717, 1.165) is 0 Å². The first-order chi connectivity index (χ1) is 16.2. The summed E-state index contributed by atoms with van der Waals surface area (Å²) < 4.78 is 5.41. The van der Waals surface area contributed by atoms with Crippen LogP contribution in [0, 0.1) is 18.8 Å². The lowest BCUT2D eigenvalue weighted by Crippen LogP contribution is -2.67. The molecule has 1 aliphatic heterocycles. The van der Waals surface area contributed by atoms with Gasteiger partial charge in [0, 0.05) is 13.0 Å². The summed E-state index contributed by atoms with van der Waals surface area (Å²) in [5.41, 5.74) is 2.74. The van der Waals surface area contributed by atoms with Crippen molar-refractivity contribution in [2.24, 2.45) is 11.8 Å². The maximum absolute atomic E-state index is 14.1. The topological polar surface area (TPSA) is 105 Å². The van der Waals surface area contributed by atoms with Gasteiger partial charge < -0.3 is 20.0 Å². The van der Waals surface area contributed by atoms with Crippen LogP contribution >= 0.6 is 0 Å². The number of nitrogens with zero attached hydrogens (tertiary/aromatic N) is 2. The number of benzene rings is 1. The predicted octanol–water partition coefficient (Wildman–Crippen LogP) is 2.71. The van der Waals surface area contributed by atoms with Gasteiger partial charge in [-0.05, 0) is 56.1 Å². The van der Waals surface area contributed by atoms with Gasteiger partial charge in [0.15, 0.2) is 11.9 Å². The van der Waals surface area contributed by atoms with E-state index in [1.165, 1.54) is 22.3 Å². The Hall–Kier alpha value is -3.16. The van der Waals surface area contributed by atoms with Crippen LogP contribution in [0.15, 0.2) is 34.9 Å². The third-order valence-electron chi connectivity index (χ3n) is 6.58. The zero-order valence-electron chi connectivity index (χ0n) is 20.5. The number of carbonyl (C=O) groups excluding carboxylic acids is 3. The molecular weight excluding hydrogens is 432 g/mol. The van der Waals surface area contributed by atoms with E-state index >= 15 is 0 Å². The molecule has 8 heteroatoms. The van der Waals surface area contributed by atoms with Crippen LogP contribution in [0.2, 0.25) is 0 Å². The molecule has 1 aromatic carbocycles. The summed E-state index contributed by atoms with van der Waals surface area (Å²) in [5.74, 6) is -0.358. The Labute approximate surface area is 200 Å². The molecule has 2 heterocycles. The predicted molar refractivity (Wildman–Crippen MR) is 127 cm³/mol. The van der Waals surface area contributed by atoms with Crippen molar-refractivity contribution in [3.63, 3.8) is 0 Å². The molecule has 3 atom stereocenters. The van der Waals surface area contributed by atoms with Crippen molar-refractivity contribution >= 4 is 17.7 Å². The lowest BCUT2D eigenvalue weighted by molar-refractivity contribution is -0.158. The molecule has 2 aromatic rings. The highest BCUT2D eigenvalue weighted by atomic mass is 16.3. The SMILES string of the molecule is Cc1nc([C@H](C(=O)NC(C)C)N2C(=O)[C@@H](C3Cc4ccccc4C3)NC(=O)[C@H]2CC(C)C)co1. The minimum atomic E-state index is -1.05. The summed E-state index contributed by atoms with van der Waals surface area (Å²) in [4.78, 5) is 46.8. The van der Waals surface area contributed by atoms with Crippen LogP contribution in [0.1, 0.15) is 62.9 Å². The molecule has 34 heavy (non-hydrogen) atoms. The number of oxazole rings is 1. The largest absolute Gasteiger partial charge is 0.449 e. The average molecular weight is 467 g/mol. The molecule has 1 aliphatic carbocycles. The van der Waals surface area contributed by atoms with Crippen LogP contribution in [0.25, 0.3) is 0 Å². The van der Waals surface area contributed by atoms with Gasteiger partial charge in [-0.2, -0.15) is 0 Å². The van der Waals surface area contributed by atoms with E-state index in [1.54, 1.807) is 6.92 Å². The Morgan fingerprint density at radius 3 is 2.35 bits per heavy atom. The lowest BCUT2D eigenvalue weighted by atomic mass is 9.88. The Morgan fingerprint density at radius 2 is 1.82 bits per heavy atom. The summed E-state index contributed by atoms with van der Waals surface area (Å²) in [7, 11) is 0. The van der Waals surface area contributed by atoms with Crippen LogP contribution in [0.3, 0.4) is 0 Å². The van der Waals surface area contributed by atoms with Gasteiger partial charge in [-0.15, -0.1) is 0 Å². The fourth-order valence-corrected chi connectivity index (χ4v) is 5.15. The monoisotopic (exact) mass is 466 g/mol. The molecule has 0 saturated carbocycles. The zero-order chi connectivity index (χ0) is 24.6. The first-order valence-electron chi connectivity index (χ1n) is 12.1. The van der Waals surface area contributed by atoms with Crippen molar-refractivity contribution < 1.29 is 18.8 Å². The number of aromatic nitrogens is 1. The summed E-state index contributed by atoms with van der Waals surface area (Å²) >= 11 is 0. The van der Waals surface area contributed by atoms with E-state index in [0.29, 0.717) is 30.8 Å². The minimum Gasteiger partial charge on any atom is -0.449 e. The maximum atomic E-state index is 14.1. The first kappa shape index (κ1) is 24.0. The number of hydrogen-bond donors (Lipinski definition) is 2. The molecule has 0 bridgehead atoms. The Morgan fingerprint density at radius 1 is 1.18 bits per heavy atom. The molecule has 0 radical (unpaired) electrons. The highest BCUT2D eigenvalue weighted by molar-refractivity contribution is 6.00. The van der Waals surface area contributed by atoms with Crippen LogP contribution < -0.4 is 10.6 Å². The number of carbonyl (C=O) groups is 3. The minimum absolute atomic E-state index is 0.0656. The van der Waals surface area contributed by atoms with Gasteiger partial charge >= 0.3 is 0 Å². The molecular formula is C26H34N4O4. The van der Waals surface area contributed by atoms with Gasteiger partial charge in [-0.25, -0.2) is 4.98 Å². The van der Waals surface area contributed by atoms with Crippen LogP contribution in [0.4, 0.5) is 0 Å². The van der Waals surface area contributed by atoms with E-state index in [1.807, 2.05) is 39.8 Å². The number of rotatable bonds is 7. The van der Waals surface area contributed by atoms with Gasteiger partial charge in [-0.3, -0.25) is 14.4 Å². The van der Waals surface area contributed by atoms with E-state index in [9.17, 15) is 14.4 Å². The molecule has 1 fully saturated rings. The number of aryl methyl sites for hydroxylation is 1. The third-order valence-corrected chi connectivity index (χ3v) is 6.58. The van der Waals surface area contributed by atoms with Gasteiger partial charge in [0.2, 0.25) is 17.7 Å². The fourth-order valence-electron chi connectivity index (χ4n) is 5.15. The van der Waals surface area contributed by atoms with Crippen LogP contribution in [0.5, 0.6) is 0 Å². The molecule has 2 aliphatic rings. The molecule has 0 spiro atoms. The van der Waals surface area contributed by atoms with E-state index in [4.69, 9.17) is 4.42 Å². The summed E-state index contributed by atoms with van der Waals surface area (Å²) in [5, 5.41) is 5.92. The second-order valence-corrected chi connectivity index (χ2v) is 10.2. The Kier molecular flexibility index (Phi) is 6.77. The smallest absolute Gasteiger partial charge is 0.249 e. The van der Waals surface area contributed by atoms with Gasteiger partial charge in [0.05, 0.1) is 0 Å². The highest BCUT2D eigenvalue weighted by Crippen LogP contribution is 2.35. The third kappa shape index (κ3) is 4.72. The zero-order valence-corrected chi connectivity index (χ0v) is 20.5. The van der Waals surface area contributed by atoms with E-state index in [-0.39, 0.29) is 35.6 Å². The van der Waals surface area contributed by atoms with Crippen LogP contribution in [-0.4, -0.2) is 45.7 Å². The quantitative estimate of drug-likeness (QED) is 0.653.